The fourth-order valence-electron chi connectivity index (χ4n) is 2.28. The van der Waals surface area contributed by atoms with E-state index in [2.05, 4.69) is 6.92 Å². The predicted octanol–water partition coefficient (Wildman–Crippen LogP) is 3.61. The van der Waals surface area contributed by atoms with Crippen LogP contribution in [-0.2, 0) is 9.47 Å². The van der Waals surface area contributed by atoms with Crippen LogP contribution in [0.4, 0.5) is 0 Å². The zero-order valence-electron chi connectivity index (χ0n) is 14.2. The average molecular weight is 303 g/mol. The molecule has 128 valence electrons. The van der Waals surface area contributed by atoms with E-state index in [0.717, 1.165) is 6.42 Å². The van der Waals surface area contributed by atoms with Gasteiger partial charge in [-0.25, -0.2) is 0 Å². The third kappa shape index (κ3) is 14.5. The van der Waals surface area contributed by atoms with E-state index in [0.29, 0.717) is 13.2 Å². The Morgan fingerprint density at radius 1 is 0.810 bits per heavy atom. The molecule has 0 aliphatic rings. The van der Waals surface area contributed by atoms with Crippen molar-refractivity contribution in [3.63, 3.8) is 0 Å². The van der Waals surface area contributed by atoms with Crippen molar-refractivity contribution in [1.82, 2.24) is 0 Å². The topological polar surface area (TPSA) is 64.7 Å². The minimum Gasteiger partial charge on any atom is -0.394 e. The molecule has 0 saturated heterocycles. The Morgan fingerprint density at radius 3 is 1.86 bits per heavy atom. The van der Waals surface area contributed by atoms with E-state index in [1.165, 1.54) is 57.8 Å². The molecule has 0 radical (unpaired) electrons. The van der Waals surface area contributed by atoms with Crippen LogP contribution in [0.15, 0.2) is 0 Å². The van der Waals surface area contributed by atoms with Crippen molar-refractivity contribution >= 4 is 0 Å². The maximum Gasteiger partial charge on any atom is 0.131 e. The van der Waals surface area contributed by atoms with Crippen molar-refractivity contribution in [2.24, 2.45) is 5.73 Å². The molecule has 4 heteroatoms. The molecule has 3 N–H and O–H groups in total. The van der Waals surface area contributed by atoms with Crippen molar-refractivity contribution in [3.05, 3.63) is 0 Å². The first-order chi connectivity index (χ1) is 10.2. The largest absolute Gasteiger partial charge is 0.394 e. The molecule has 0 heterocycles. The van der Waals surface area contributed by atoms with Crippen molar-refractivity contribution in [3.8, 4) is 0 Å². The SMILES string of the molecule is CCCCCCCCCCCCOC(N)C(C)OCCO. The Balaban J connectivity index is 3.21. The number of hydrogen-bond acceptors (Lipinski definition) is 4. The summed E-state index contributed by atoms with van der Waals surface area (Å²) in [6.45, 7) is 5.17. The highest BCUT2D eigenvalue weighted by Gasteiger charge is 2.12. The van der Waals surface area contributed by atoms with Crippen molar-refractivity contribution in [1.29, 1.82) is 0 Å². The summed E-state index contributed by atoms with van der Waals surface area (Å²) in [7, 11) is 0. The van der Waals surface area contributed by atoms with Crippen LogP contribution in [0.3, 0.4) is 0 Å². The standard InChI is InChI=1S/C17H37NO3/c1-3-4-5-6-7-8-9-10-11-12-14-21-17(18)16(2)20-15-13-19/h16-17,19H,3-15,18H2,1-2H3. The van der Waals surface area contributed by atoms with E-state index in [1.807, 2.05) is 6.92 Å². The van der Waals surface area contributed by atoms with Gasteiger partial charge in [0.25, 0.3) is 0 Å². The van der Waals surface area contributed by atoms with Crippen LogP contribution in [0.25, 0.3) is 0 Å². The number of ether oxygens (including phenoxy) is 2. The summed E-state index contributed by atoms with van der Waals surface area (Å²) in [6.07, 6.45) is 12.6. The molecule has 0 amide bonds. The van der Waals surface area contributed by atoms with Gasteiger partial charge in [-0.3, -0.25) is 0 Å². The lowest BCUT2D eigenvalue weighted by Gasteiger charge is -2.20. The van der Waals surface area contributed by atoms with Crippen molar-refractivity contribution < 1.29 is 14.6 Å². The van der Waals surface area contributed by atoms with E-state index in [4.69, 9.17) is 20.3 Å². The average Bonchev–Trinajstić information content (AvgIpc) is 2.49. The zero-order chi connectivity index (χ0) is 15.8. The minimum atomic E-state index is -0.393. The smallest absolute Gasteiger partial charge is 0.131 e. The molecule has 0 spiro atoms. The first-order valence-corrected chi connectivity index (χ1v) is 8.82. The molecular weight excluding hydrogens is 266 g/mol. The first-order valence-electron chi connectivity index (χ1n) is 8.82. The molecule has 0 bridgehead atoms. The maximum atomic E-state index is 8.67. The Hall–Kier alpha value is -0.160. The van der Waals surface area contributed by atoms with Gasteiger partial charge in [0.05, 0.1) is 19.3 Å². The van der Waals surface area contributed by atoms with Gasteiger partial charge in [0, 0.05) is 6.61 Å². The Labute approximate surface area is 131 Å². The number of unbranched alkanes of at least 4 members (excludes halogenated alkanes) is 9. The van der Waals surface area contributed by atoms with Gasteiger partial charge in [-0.1, -0.05) is 64.7 Å². The van der Waals surface area contributed by atoms with E-state index < -0.39 is 6.23 Å². The van der Waals surface area contributed by atoms with Gasteiger partial charge in [0.15, 0.2) is 0 Å². The van der Waals surface area contributed by atoms with Crippen molar-refractivity contribution in [2.45, 2.75) is 90.4 Å². The van der Waals surface area contributed by atoms with Gasteiger partial charge in [0.2, 0.25) is 0 Å². The highest BCUT2D eigenvalue weighted by molar-refractivity contribution is 4.58. The van der Waals surface area contributed by atoms with Crippen molar-refractivity contribution in [2.75, 3.05) is 19.8 Å². The van der Waals surface area contributed by atoms with Crippen LogP contribution in [0.1, 0.15) is 78.1 Å². The third-order valence-corrected chi connectivity index (χ3v) is 3.74. The highest BCUT2D eigenvalue weighted by Crippen LogP contribution is 2.10. The zero-order valence-corrected chi connectivity index (χ0v) is 14.2. The molecule has 0 saturated carbocycles. The lowest BCUT2D eigenvalue weighted by atomic mass is 10.1. The fourth-order valence-corrected chi connectivity index (χ4v) is 2.28. The lowest BCUT2D eigenvalue weighted by Crippen LogP contribution is -2.37. The number of aliphatic hydroxyl groups excluding tert-OH is 1. The molecule has 2 unspecified atom stereocenters. The molecule has 0 aliphatic heterocycles. The molecular formula is C17H37NO3. The molecule has 0 aromatic carbocycles. The molecule has 0 rings (SSSR count). The van der Waals surface area contributed by atoms with E-state index in [-0.39, 0.29) is 12.7 Å². The minimum absolute atomic E-state index is 0.0233. The van der Waals surface area contributed by atoms with E-state index >= 15 is 0 Å². The Morgan fingerprint density at radius 2 is 1.33 bits per heavy atom. The van der Waals surface area contributed by atoms with Gasteiger partial charge in [-0.05, 0) is 13.3 Å². The van der Waals surface area contributed by atoms with Crippen LogP contribution in [-0.4, -0.2) is 37.3 Å². The van der Waals surface area contributed by atoms with Gasteiger partial charge in [-0.15, -0.1) is 0 Å². The summed E-state index contributed by atoms with van der Waals surface area (Å²) in [6, 6.07) is 0. The summed E-state index contributed by atoms with van der Waals surface area (Å²) < 4.78 is 10.8. The summed E-state index contributed by atoms with van der Waals surface area (Å²) in [5.74, 6) is 0. The van der Waals surface area contributed by atoms with Gasteiger partial charge < -0.3 is 20.3 Å². The summed E-state index contributed by atoms with van der Waals surface area (Å²) in [4.78, 5) is 0. The van der Waals surface area contributed by atoms with Gasteiger partial charge in [-0.2, -0.15) is 0 Å². The van der Waals surface area contributed by atoms with Crippen LogP contribution >= 0.6 is 0 Å². The summed E-state index contributed by atoms with van der Waals surface area (Å²) >= 11 is 0. The maximum absolute atomic E-state index is 8.67. The van der Waals surface area contributed by atoms with Gasteiger partial charge >= 0.3 is 0 Å². The molecule has 0 aromatic heterocycles. The second-order valence-corrected chi connectivity index (χ2v) is 5.82. The first kappa shape index (κ1) is 20.8. The van der Waals surface area contributed by atoms with Crippen LogP contribution in [0.2, 0.25) is 0 Å². The quantitative estimate of drug-likeness (QED) is 0.338. The summed E-state index contributed by atoms with van der Waals surface area (Å²) in [5.41, 5.74) is 5.85. The van der Waals surface area contributed by atoms with Crippen LogP contribution < -0.4 is 5.73 Å². The Kier molecular flexibility index (Phi) is 16.1. The fraction of sp³-hybridized carbons (Fsp3) is 1.00. The number of rotatable bonds is 16. The predicted molar refractivity (Wildman–Crippen MR) is 88.3 cm³/mol. The van der Waals surface area contributed by atoms with Crippen LogP contribution in [0, 0.1) is 0 Å². The van der Waals surface area contributed by atoms with E-state index in [9.17, 15) is 0 Å². The number of aliphatic hydroxyl groups is 1. The number of nitrogens with two attached hydrogens (primary N) is 1. The summed E-state index contributed by atoms with van der Waals surface area (Å²) in [5, 5.41) is 8.67. The molecule has 0 fully saturated rings. The normalized spacial score (nSPS) is 14.3. The highest BCUT2D eigenvalue weighted by atomic mass is 16.5. The Bertz CT molecular complexity index is 202. The molecule has 2 atom stereocenters. The van der Waals surface area contributed by atoms with Gasteiger partial charge in [0.1, 0.15) is 6.23 Å². The third-order valence-electron chi connectivity index (χ3n) is 3.74. The molecule has 4 nitrogen and oxygen atoms in total. The van der Waals surface area contributed by atoms with E-state index in [1.54, 1.807) is 0 Å². The lowest BCUT2D eigenvalue weighted by molar-refractivity contribution is -0.0692. The monoisotopic (exact) mass is 303 g/mol. The second kappa shape index (κ2) is 16.2. The van der Waals surface area contributed by atoms with Crippen LogP contribution in [0.5, 0.6) is 0 Å². The number of hydrogen-bond donors (Lipinski definition) is 2. The molecule has 0 aliphatic carbocycles. The molecule has 0 aromatic rings. The second-order valence-electron chi connectivity index (χ2n) is 5.82. The molecule has 21 heavy (non-hydrogen) atoms.